The fourth-order valence-corrected chi connectivity index (χ4v) is 8.61. The number of hydrogen-bond acceptors (Lipinski definition) is 28. The van der Waals surface area contributed by atoms with Gasteiger partial charge in [-0.25, -0.2) is 0 Å². The van der Waals surface area contributed by atoms with Gasteiger partial charge in [-0.05, 0) is 40.7 Å². The van der Waals surface area contributed by atoms with E-state index < -0.39 is 197 Å². The predicted octanol–water partition coefficient (Wildman–Crippen LogP) is -9.62. The molecule has 0 spiro atoms. The smallest absolute Gasteiger partial charge is 0.187 e. The van der Waals surface area contributed by atoms with Crippen molar-refractivity contribution in [2.45, 2.75) is 218 Å². The second-order valence-corrected chi connectivity index (χ2v) is 17.7. The van der Waals surface area contributed by atoms with E-state index in [4.69, 9.17) is 62.6 Å². The zero-order valence-corrected chi connectivity index (χ0v) is 37.0. The first kappa shape index (κ1) is 55.2. The van der Waals surface area contributed by atoms with Crippen molar-refractivity contribution in [1.82, 2.24) is 0 Å². The van der Waals surface area contributed by atoms with E-state index in [0.29, 0.717) is 6.42 Å². The molecule has 6 fully saturated rings. The van der Waals surface area contributed by atoms with Gasteiger partial charge in [0.2, 0.25) is 0 Å². The molecule has 0 unspecified atom stereocenters. The Morgan fingerprint density at radius 2 is 0.672 bits per heavy atom. The Morgan fingerprint density at radius 1 is 0.343 bits per heavy atom. The first-order valence-corrected chi connectivity index (χ1v) is 22.2. The quantitative estimate of drug-likeness (QED) is 0.0639. The lowest BCUT2D eigenvalue weighted by molar-refractivity contribution is -0.408. The number of aliphatic hydroxyl groups is 15. The van der Waals surface area contributed by atoms with Crippen LogP contribution in [0.1, 0.15) is 34.1 Å². The van der Waals surface area contributed by atoms with E-state index in [1.165, 1.54) is 27.7 Å². The van der Waals surface area contributed by atoms with Gasteiger partial charge in [-0.3, -0.25) is 0 Å². The Balaban J connectivity index is 1.24. The van der Waals surface area contributed by atoms with Crippen molar-refractivity contribution in [2.75, 3.05) is 26.4 Å². The maximum absolute atomic E-state index is 11.8. The highest BCUT2D eigenvalue weighted by Gasteiger charge is 2.57. The van der Waals surface area contributed by atoms with E-state index in [9.17, 15) is 76.6 Å². The van der Waals surface area contributed by atoms with Crippen molar-refractivity contribution in [2.24, 2.45) is 5.73 Å². The van der Waals surface area contributed by atoms with Gasteiger partial charge in [0.25, 0.3) is 0 Å². The van der Waals surface area contributed by atoms with Crippen LogP contribution in [0.15, 0.2) is 0 Å². The number of aliphatic hydroxyl groups excluding tert-OH is 15. The normalized spacial score (nSPS) is 53.4. The van der Waals surface area contributed by atoms with E-state index in [-0.39, 0.29) is 13.2 Å². The van der Waals surface area contributed by atoms with Gasteiger partial charge in [0.1, 0.15) is 122 Å². The molecule has 0 amide bonds. The molecular formula is C39H69NO27. The van der Waals surface area contributed by atoms with E-state index in [1.807, 2.05) is 0 Å². The molecule has 392 valence electrons. The molecule has 6 rings (SSSR count). The maximum Gasteiger partial charge on any atom is 0.187 e. The molecule has 0 saturated carbocycles. The summed E-state index contributed by atoms with van der Waals surface area (Å²) in [5.74, 6) is 0. The average Bonchev–Trinajstić information content (AvgIpc) is 3.30. The molecule has 67 heavy (non-hydrogen) atoms. The van der Waals surface area contributed by atoms with E-state index in [0.717, 1.165) is 0 Å². The van der Waals surface area contributed by atoms with Crippen LogP contribution in [0.5, 0.6) is 0 Å². The third-order valence-corrected chi connectivity index (χ3v) is 12.9. The lowest BCUT2D eigenvalue weighted by atomic mass is 9.95. The molecule has 0 aromatic rings. The van der Waals surface area contributed by atoms with E-state index in [1.54, 1.807) is 0 Å². The lowest BCUT2D eigenvalue weighted by Gasteiger charge is -2.50. The second-order valence-electron chi connectivity index (χ2n) is 17.7. The van der Waals surface area contributed by atoms with E-state index in [2.05, 4.69) is 0 Å². The first-order chi connectivity index (χ1) is 31.6. The highest BCUT2D eigenvalue weighted by molar-refractivity contribution is 4.99. The van der Waals surface area contributed by atoms with Crippen molar-refractivity contribution < 1.29 is 133 Å². The van der Waals surface area contributed by atoms with Gasteiger partial charge in [-0.1, -0.05) is 0 Å². The standard InChI is InChI=1S/C39H69NO27/c1-10-16(43)22(49)27(54)34(57-10)64-31-23(50)17(44)12(3)60-38(31)67-33-26(53)21(48)15(9-42)62-39(33)63-29-19(46)13(4)58-35(28(29)55)65-32-24(51)18(45)11(2)59-37(32)66-30-25(52)20(47)14(8-41)61-36(30)56-7-5-6-40/h10-39,41-55H,5-9,40H2,1-4H3/t10-,11-,12-,13-,14+,15+,16-,17-,18-,19-,20-,21-,22+,23+,24+,25-,26-,27+,28+,29+,30+,31+,32+,33+,34-,35-,36+,37-,38-,39-/m0/s1. The SMILES string of the molecule is C[C@@H]1O[C@@H](O[C@H]2[C@H](O[C@H]3[C@H](O[C@@H]4[C@@H](O)[C@H](C)O[C@@H](O[C@H]5[C@H](O[C@H]6[C@H](OCCCN)O[C@H](CO)[C@H](O)[C@@H]6O)O[C@@H](C)[C@H](O)[C@H]5O)[C@@H]4O)O[C@H](CO)[C@H](O)[C@@H]3O)O[C@@H](C)[C@H](O)[C@H]2O)[C@H](O)[C@H](O)[C@H]1O. The summed E-state index contributed by atoms with van der Waals surface area (Å²) in [6, 6.07) is 0. The molecular weight excluding hydrogens is 914 g/mol. The third kappa shape index (κ3) is 11.7. The molecule has 0 aromatic heterocycles. The topological polar surface area (TPSA) is 440 Å². The lowest BCUT2D eigenvalue weighted by Crippen LogP contribution is -2.68. The van der Waals surface area contributed by atoms with Crippen LogP contribution in [0, 0.1) is 0 Å². The van der Waals surface area contributed by atoms with Crippen LogP contribution in [0.2, 0.25) is 0 Å². The van der Waals surface area contributed by atoms with Gasteiger partial charge in [-0.15, -0.1) is 0 Å². The van der Waals surface area contributed by atoms with Crippen molar-refractivity contribution in [1.29, 1.82) is 0 Å². The van der Waals surface area contributed by atoms with Crippen LogP contribution < -0.4 is 5.73 Å². The summed E-state index contributed by atoms with van der Waals surface area (Å²) in [5.41, 5.74) is 5.58. The fraction of sp³-hybridized carbons (Fsp3) is 1.00. The molecule has 6 aliphatic rings. The first-order valence-electron chi connectivity index (χ1n) is 22.2. The predicted molar refractivity (Wildman–Crippen MR) is 211 cm³/mol. The molecule has 28 heteroatoms. The van der Waals surface area contributed by atoms with Gasteiger partial charge in [0.15, 0.2) is 37.7 Å². The van der Waals surface area contributed by atoms with Crippen molar-refractivity contribution in [3.05, 3.63) is 0 Å². The molecule has 6 aliphatic heterocycles. The minimum atomic E-state index is -2.09. The molecule has 0 aromatic carbocycles. The number of ether oxygens (including phenoxy) is 12. The Morgan fingerprint density at radius 3 is 1.12 bits per heavy atom. The monoisotopic (exact) mass is 983 g/mol. The van der Waals surface area contributed by atoms with Crippen molar-refractivity contribution in [3.63, 3.8) is 0 Å². The maximum atomic E-state index is 11.8. The number of hydrogen-bond donors (Lipinski definition) is 16. The zero-order valence-electron chi connectivity index (χ0n) is 37.0. The Labute approximate surface area is 383 Å². The van der Waals surface area contributed by atoms with Gasteiger partial charge < -0.3 is 139 Å². The van der Waals surface area contributed by atoms with Crippen LogP contribution in [0.3, 0.4) is 0 Å². The molecule has 0 aliphatic carbocycles. The summed E-state index contributed by atoms with van der Waals surface area (Å²) in [7, 11) is 0. The highest BCUT2D eigenvalue weighted by atomic mass is 16.8. The van der Waals surface area contributed by atoms with Crippen molar-refractivity contribution in [3.8, 4) is 0 Å². The number of rotatable bonds is 16. The molecule has 6 heterocycles. The van der Waals surface area contributed by atoms with Crippen LogP contribution in [-0.4, -0.2) is 287 Å². The van der Waals surface area contributed by atoms with Gasteiger partial charge >= 0.3 is 0 Å². The van der Waals surface area contributed by atoms with Gasteiger partial charge in [0, 0.05) is 0 Å². The minimum absolute atomic E-state index is 0.0114. The summed E-state index contributed by atoms with van der Waals surface area (Å²) in [4.78, 5) is 0. The van der Waals surface area contributed by atoms with Gasteiger partial charge in [0.05, 0.1) is 44.2 Å². The minimum Gasteiger partial charge on any atom is -0.394 e. The summed E-state index contributed by atoms with van der Waals surface area (Å²) in [5, 5.41) is 163. The Bertz CT molecular complexity index is 1510. The molecule has 6 saturated heterocycles. The molecule has 17 N–H and O–H groups in total. The largest absolute Gasteiger partial charge is 0.394 e. The summed E-state index contributed by atoms with van der Waals surface area (Å²) in [6.45, 7) is 3.97. The Kier molecular flexibility index (Phi) is 19.5. The average molecular weight is 984 g/mol. The van der Waals surface area contributed by atoms with Crippen molar-refractivity contribution >= 4 is 0 Å². The second kappa shape index (κ2) is 23.6. The third-order valence-electron chi connectivity index (χ3n) is 12.9. The fourth-order valence-electron chi connectivity index (χ4n) is 8.61. The molecule has 30 atom stereocenters. The van der Waals surface area contributed by atoms with Crippen LogP contribution >= 0.6 is 0 Å². The molecule has 28 nitrogen and oxygen atoms in total. The highest BCUT2D eigenvalue weighted by Crippen LogP contribution is 2.37. The zero-order chi connectivity index (χ0) is 49.3. The molecule has 0 bridgehead atoms. The summed E-state index contributed by atoms with van der Waals surface area (Å²) < 4.78 is 70.0. The number of nitrogens with two attached hydrogens (primary N) is 1. The summed E-state index contributed by atoms with van der Waals surface area (Å²) in [6.07, 6.45) is -50.6. The van der Waals surface area contributed by atoms with Crippen LogP contribution in [0.4, 0.5) is 0 Å². The van der Waals surface area contributed by atoms with E-state index >= 15 is 0 Å². The van der Waals surface area contributed by atoms with Crippen LogP contribution in [0.25, 0.3) is 0 Å². The summed E-state index contributed by atoms with van der Waals surface area (Å²) >= 11 is 0. The van der Waals surface area contributed by atoms with Gasteiger partial charge in [-0.2, -0.15) is 0 Å². The Hall–Kier alpha value is -1.12. The molecule has 0 radical (unpaired) electrons. The van der Waals surface area contributed by atoms with Crippen LogP contribution in [-0.2, 0) is 56.8 Å².